The molecule has 1 aromatic heterocycles. The lowest BCUT2D eigenvalue weighted by molar-refractivity contribution is 0.0749. The Hall–Kier alpha value is -2.88. The Labute approximate surface area is 128 Å². The van der Waals surface area contributed by atoms with E-state index < -0.39 is 0 Å². The summed E-state index contributed by atoms with van der Waals surface area (Å²) in [4.78, 5) is 14.4. The predicted molar refractivity (Wildman–Crippen MR) is 84.0 cm³/mol. The fourth-order valence-corrected chi connectivity index (χ4v) is 2.88. The SMILES string of the molecule is O=C(c1ccccc1)N1Cc2[nH]nc(-c3ccccc3)c2C1. The molecule has 0 spiro atoms. The number of aromatic nitrogens is 2. The van der Waals surface area contributed by atoms with E-state index in [1.807, 2.05) is 65.6 Å². The van der Waals surface area contributed by atoms with Crippen LogP contribution in [0.5, 0.6) is 0 Å². The zero-order chi connectivity index (χ0) is 14.9. The van der Waals surface area contributed by atoms with Crippen LogP contribution in [0.4, 0.5) is 0 Å². The Balaban J connectivity index is 1.62. The molecule has 2 aromatic carbocycles. The van der Waals surface area contributed by atoms with Crippen LogP contribution < -0.4 is 0 Å². The van der Waals surface area contributed by atoms with E-state index in [1.165, 1.54) is 0 Å². The summed E-state index contributed by atoms with van der Waals surface area (Å²) in [5, 5.41) is 7.49. The van der Waals surface area contributed by atoms with E-state index in [1.54, 1.807) is 0 Å². The molecule has 1 N–H and O–H groups in total. The first-order valence-electron chi connectivity index (χ1n) is 7.29. The van der Waals surface area contributed by atoms with E-state index in [9.17, 15) is 4.79 Å². The normalized spacial score (nSPS) is 13.2. The second kappa shape index (κ2) is 5.15. The van der Waals surface area contributed by atoms with E-state index in [0.717, 1.165) is 28.1 Å². The smallest absolute Gasteiger partial charge is 0.254 e. The molecular formula is C18H15N3O. The van der Waals surface area contributed by atoms with Crippen LogP contribution in [-0.4, -0.2) is 21.0 Å². The van der Waals surface area contributed by atoms with Gasteiger partial charge in [0, 0.05) is 16.7 Å². The van der Waals surface area contributed by atoms with Crippen LogP contribution in [0, 0.1) is 0 Å². The average Bonchev–Trinajstić information content (AvgIpc) is 3.16. The number of nitrogens with zero attached hydrogens (tertiary/aromatic N) is 2. The first kappa shape index (κ1) is 12.8. The maximum atomic E-state index is 12.6. The van der Waals surface area contributed by atoms with E-state index in [2.05, 4.69) is 10.2 Å². The van der Waals surface area contributed by atoms with Gasteiger partial charge in [-0.3, -0.25) is 9.89 Å². The number of carbonyl (C=O) groups excluding carboxylic acids is 1. The summed E-state index contributed by atoms with van der Waals surface area (Å²) >= 11 is 0. The molecule has 2 heterocycles. The minimum atomic E-state index is 0.0595. The molecule has 1 amide bonds. The Morgan fingerprint density at radius 3 is 2.36 bits per heavy atom. The number of carbonyl (C=O) groups is 1. The van der Waals surface area contributed by atoms with Gasteiger partial charge in [0.2, 0.25) is 0 Å². The van der Waals surface area contributed by atoms with Crippen LogP contribution in [0.3, 0.4) is 0 Å². The molecule has 4 rings (SSSR count). The number of nitrogens with one attached hydrogen (secondary N) is 1. The Kier molecular flexibility index (Phi) is 3.00. The van der Waals surface area contributed by atoms with Gasteiger partial charge in [-0.1, -0.05) is 48.5 Å². The molecule has 0 bridgehead atoms. The highest BCUT2D eigenvalue weighted by Crippen LogP contribution is 2.31. The second-order valence-corrected chi connectivity index (χ2v) is 5.42. The minimum Gasteiger partial charge on any atom is -0.328 e. The van der Waals surface area contributed by atoms with Gasteiger partial charge in [-0.05, 0) is 12.1 Å². The van der Waals surface area contributed by atoms with Gasteiger partial charge in [-0.25, -0.2) is 0 Å². The van der Waals surface area contributed by atoms with Crippen molar-refractivity contribution >= 4 is 5.91 Å². The van der Waals surface area contributed by atoms with Crippen LogP contribution in [0.25, 0.3) is 11.3 Å². The topological polar surface area (TPSA) is 49.0 Å². The molecular weight excluding hydrogens is 274 g/mol. The van der Waals surface area contributed by atoms with Gasteiger partial charge in [0.1, 0.15) is 0 Å². The number of rotatable bonds is 2. The van der Waals surface area contributed by atoms with Crippen molar-refractivity contribution in [3.63, 3.8) is 0 Å². The van der Waals surface area contributed by atoms with E-state index in [4.69, 9.17) is 0 Å². The lowest BCUT2D eigenvalue weighted by atomic mass is 10.1. The van der Waals surface area contributed by atoms with Crippen LogP contribution in [-0.2, 0) is 13.1 Å². The van der Waals surface area contributed by atoms with Gasteiger partial charge in [0.25, 0.3) is 5.91 Å². The van der Waals surface area contributed by atoms with Gasteiger partial charge in [-0.2, -0.15) is 5.10 Å². The van der Waals surface area contributed by atoms with Gasteiger partial charge < -0.3 is 4.90 Å². The van der Waals surface area contributed by atoms with Gasteiger partial charge in [0.15, 0.2) is 0 Å². The Morgan fingerprint density at radius 2 is 1.64 bits per heavy atom. The third kappa shape index (κ3) is 2.09. The first-order valence-corrected chi connectivity index (χ1v) is 7.29. The van der Waals surface area contributed by atoms with Crippen LogP contribution in [0.15, 0.2) is 60.7 Å². The van der Waals surface area contributed by atoms with Gasteiger partial charge in [0.05, 0.1) is 24.5 Å². The fraction of sp³-hybridized carbons (Fsp3) is 0.111. The molecule has 4 heteroatoms. The third-order valence-electron chi connectivity index (χ3n) is 4.01. The second-order valence-electron chi connectivity index (χ2n) is 5.42. The predicted octanol–water partition coefficient (Wildman–Crippen LogP) is 3.23. The standard InChI is InChI=1S/C18H15N3O/c22-18(14-9-5-2-6-10-14)21-11-15-16(12-21)19-20-17(15)13-7-3-1-4-8-13/h1-10H,11-12H2,(H,19,20). The summed E-state index contributed by atoms with van der Waals surface area (Å²) in [5.41, 5.74) is 4.90. The molecule has 108 valence electrons. The van der Waals surface area contributed by atoms with Crippen LogP contribution >= 0.6 is 0 Å². The molecule has 1 aliphatic rings. The van der Waals surface area contributed by atoms with Crippen molar-refractivity contribution in [3.8, 4) is 11.3 Å². The number of hydrogen-bond donors (Lipinski definition) is 1. The summed E-state index contributed by atoms with van der Waals surface area (Å²) in [6.07, 6.45) is 0. The molecule has 0 saturated carbocycles. The lowest BCUT2D eigenvalue weighted by Crippen LogP contribution is -2.25. The van der Waals surface area contributed by atoms with Gasteiger partial charge in [-0.15, -0.1) is 0 Å². The quantitative estimate of drug-likeness (QED) is 0.787. The summed E-state index contributed by atoms with van der Waals surface area (Å²) < 4.78 is 0. The van der Waals surface area contributed by atoms with Crippen molar-refractivity contribution in [1.82, 2.24) is 15.1 Å². The number of amides is 1. The Morgan fingerprint density at radius 1 is 0.955 bits per heavy atom. The van der Waals surface area contributed by atoms with Crippen molar-refractivity contribution in [2.45, 2.75) is 13.1 Å². The van der Waals surface area contributed by atoms with E-state index in [-0.39, 0.29) is 5.91 Å². The van der Waals surface area contributed by atoms with E-state index >= 15 is 0 Å². The molecule has 0 saturated heterocycles. The van der Waals surface area contributed by atoms with Crippen molar-refractivity contribution in [1.29, 1.82) is 0 Å². The molecule has 22 heavy (non-hydrogen) atoms. The zero-order valence-corrected chi connectivity index (χ0v) is 12.0. The summed E-state index contributed by atoms with van der Waals surface area (Å²) in [6, 6.07) is 19.5. The monoisotopic (exact) mass is 289 g/mol. The van der Waals surface area contributed by atoms with Crippen molar-refractivity contribution in [2.75, 3.05) is 0 Å². The number of H-pyrrole nitrogens is 1. The molecule has 1 aliphatic heterocycles. The minimum absolute atomic E-state index is 0.0595. The molecule has 0 atom stereocenters. The molecule has 4 nitrogen and oxygen atoms in total. The average molecular weight is 289 g/mol. The molecule has 0 fully saturated rings. The van der Waals surface area contributed by atoms with Gasteiger partial charge >= 0.3 is 0 Å². The summed E-state index contributed by atoms with van der Waals surface area (Å²) in [6.45, 7) is 1.19. The summed E-state index contributed by atoms with van der Waals surface area (Å²) in [7, 11) is 0. The van der Waals surface area contributed by atoms with Crippen molar-refractivity contribution < 1.29 is 4.79 Å². The number of hydrogen-bond acceptors (Lipinski definition) is 2. The van der Waals surface area contributed by atoms with Crippen molar-refractivity contribution in [3.05, 3.63) is 77.5 Å². The summed E-state index contributed by atoms with van der Waals surface area (Å²) in [5.74, 6) is 0.0595. The maximum Gasteiger partial charge on any atom is 0.254 e. The first-order chi connectivity index (χ1) is 10.8. The van der Waals surface area contributed by atoms with Crippen LogP contribution in [0.2, 0.25) is 0 Å². The third-order valence-corrected chi connectivity index (χ3v) is 4.01. The molecule has 3 aromatic rings. The number of fused-ring (bicyclic) bond motifs is 1. The number of aromatic amines is 1. The molecule has 0 radical (unpaired) electrons. The zero-order valence-electron chi connectivity index (χ0n) is 12.0. The highest BCUT2D eigenvalue weighted by molar-refractivity contribution is 5.94. The Bertz CT molecular complexity index is 809. The highest BCUT2D eigenvalue weighted by Gasteiger charge is 2.28. The lowest BCUT2D eigenvalue weighted by Gasteiger charge is -2.15. The maximum absolute atomic E-state index is 12.6. The fourth-order valence-electron chi connectivity index (χ4n) is 2.88. The highest BCUT2D eigenvalue weighted by atomic mass is 16.2. The van der Waals surface area contributed by atoms with Crippen LogP contribution in [0.1, 0.15) is 21.6 Å². The largest absolute Gasteiger partial charge is 0.328 e. The molecule has 0 aliphatic carbocycles. The van der Waals surface area contributed by atoms with E-state index in [0.29, 0.717) is 13.1 Å². The van der Waals surface area contributed by atoms with Crippen molar-refractivity contribution in [2.24, 2.45) is 0 Å². The molecule has 0 unspecified atom stereocenters. The number of benzene rings is 2.